The molecule has 138 valence electrons. The van der Waals surface area contributed by atoms with Gasteiger partial charge in [0.1, 0.15) is 17.5 Å². The number of benzene rings is 1. The number of nitrogens with zero attached hydrogens (tertiary/aromatic N) is 2. The first-order valence-corrected chi connectivity index (χ1v) is 8.95. The summed E-state index contributed by atoms with van der Waals surface area (Å²) in [5.41, 5.74) is 1.59. The molecule has 1 N–H and O–H groups in total. The molecule has 0 radical (unpaired) electrons. The summed E-state index contributed by atoms with van der Waals surface area (Å²) in [7, 11) is 3.15. The summed E-state index contributed by atoms with van der Waals surface area (Å²) in [6.45, 7) is 6.41. The SMILES string of the molecule is COc1cc(C)cc(OC)c1C(C(=O)O)N1CCN(CC2CC2)CC1. The van der Waals surface area contributed by atoms with Crippen LogP contribution < -0.4 is 9.47 Å². The second kappa shape index (κ2) is 7.62. The van der Waals surface area contributed by atoms with Crippen LogP contribution in [-0.4, -0.2) is 67.8 Å². The van der Waals surface area contributed by atoms with E-state index in [0.29, 0.717) is 17.1 Å². The number of aliphatic carboxylic acids is 1. The summed E-state index contributed by atoms with van der Waals surface area (Å²) in [5, 5.41) is 9.94. The molecule has 6 nitrogen and oxygen atoms in total. The molecule has 0 spiro atoms. The molecule has 1 saturated carbocycles. The van der Waals surface area contributed by atoms with E-state index in [1.807, 2.05) is 24.0 Å². The lowest BCUT2D eigenvalue weighted by atomic mass is 9.99. The second-order valence-corrected chi connectivity index (χ2v) is 7.10. The highest BCUT2D eigenvalue weighted by Crippen LogP contribution is 2.39. The molecule has 2 fully saturated rings. The van der Waals surface area contributed by atoms with Crippen molar-refractivity contribution in [1.82, 2.24) is 9.80 Å². The molecule has 0 amide bonds. The van der Waals surface area contributed by atoms with Crippen molar-refractivity contribution >= 4 is 5.97 Å². The van der Waals surface area contributed by atoms with Crippen LogP contribution in [0.1, 0.15) is 30.0 Å². The van der Waals surface area contributed by atoms with Crippen LogP contribution in [0.5, 0.6) is 11.5 Å². The molecule has 6 heteroatoms. The predicted molar refractivity (Wildman–Crippen MR) is 95.4 cm³/mol. The van der Waals surface area contributed by atoms with Gasteiger partial charge in [-0.05, 0) is 43.4 Å². The molecule has 1 aliphatic carbocycles. The Labute approximate surface area is 149 Å². The van der Waals surface area contributed by atoms with Crippen molar-refractivity contribution in [3.05, 3.63) is 23.3 Å². The van der Waals surface area contributed by atoms with Crippen molar-refractivity contribution < 1.29 is 19.4 Å². The van der Waals surface area contributed by atoms with E-state index in [-0.39, 0.29) is 0 Å². The summed E-state index contributed by atoms with van der Waals surface area (Å²) in [4.78, 5) is 16.6. The van der Waals surface area contributed by atoms with E-state index in [9.17, 15) is 9.90 Å². The number of hydrogen-bond acceptors (Lipinski definition) is 5. The summed E-state index contributed by atoms with van der Waals surface area (Å²) in [5.74, 6) is 1.14. The molecule has 1 heterocycles. The van der Waals surface area contributed by atoms with Crippen molar-refractivity contribution in [2.75, 3.05) is 46.9 Å². The Bertz CT molecular complexity index is 597. The highest BCUT2D eigenvalue weighted by atomic mass is 16.5. The Kier molecular flexibility index (Phi) is 5.49. The Balaban J connectivity index is 1.83. The Morgan fingerprint density at radius 2 is 1.72 bits per heavy atom. The lowest BCUT2D eigenvalue weighted by Gasteiger charge is -2.38. The third-order valence-electron chi connectivity index (χ3n) is 5.18. The first-order valence-electron chi connectivity index (χ1n) is 8.95. The van der Waals surface area contributed by atoms with Crippen LogP contribution in [0.2, 0.25) is 0 Å². The molecule has 1 aromatic carbocycles. The van der Waals surface area contributed by atoms with Crippen LogP contribution in [0.3, 0.4) is 0 Å². The summed E-state index contributed by atoms with van der Waals surface area (Å²) in [6.07, 6.45) is 2.69. The maximum absolute atomic E-state index is 12.1. The van der Waals surface area contributed by atoms with Crippen molar-refractivity contribution in [2.24, 2.45) is 5.92 Å². The fraction of sp³-hybridized carbons (Fsp3) is 0.632. The predicted octanol–water partition coefficient (Wildman–Crippen LogP) is 2.17. The largest absolute Gasteiger partial charge is 0.496 e. The van der Waals surface area contributed by atoms with Crippen LogP contribution in [0.4, 0.5) is 0 Å². The fourth-order valence-corrected chi connectivity index (χ4v) is 3.67. The van der Waals surface area contributed by atoms with Crippen LogP contribution in [0, 0.1) is 12.8 Å². The minimum atomic E-state index is -0.865. The molecule has 1 aliphatic heterocycles. The smallest absolute Gasteiger partial charge is 0.325 e. The number of rotatable bonds is 7. The average molecular weight is 348 g/mol. The topological polar surface area (TPSA) is 62.2 Å². The van der Waals surface area contributed by atoms with E-state index in [1.165, 1.54) is 12.8 Å². The lowest BCUT2D eigenvalue weighted by molar-refractivity contribution is -0.144. The van der Waals surface area contributed by atoms with E-state index in [0.717, 1.165) is 44.2 Å². The number of carboxylic acid groups (broad SMARTS) is 1. The van der Waals surface area contributed by atoms with E-state index < -0.39 is 12.0 Å². The minimum absolute atomic E-state index is 0.574. The third-order valence-corrected chi connectivity index (χ3v) is 5.18. The maximum atomic E-state index is 12.1. The molecule has 3 rings (SSSR count). The number of aryl methyl sites for hydroxylation is 1. The molecule has 1 saturated heterocycles. The Morgan fingerprint density at radius 3 is 2.16 bits per heavy atom. The third kappa shape index (κ3) is 4.07. The van der Waals surface area contributed by atoms with Gasteiger partial charge in [-0.25, -0.2) is 0 Å². The number of methoxy groups -OCH3 is 2. The van der Waals surface area contributed by atoms with Gasteiger partial charge in [0.05, 0.1) is 19.8 Å². The first kappa shape index (κ1) is 18.0. The van der Waals surface area contributed by atoms with Gasteiger partial charge in [-0.3, -0.25) is 9.69 Å². The molecule has 0 aromatic heterocycles. The summed E-state index contributed by atoms with van der Waals surface area (Å²) >= 11 is 0. The standard InChI is InChI=1S/C19H28N2O4/c1-13-10-15(24-2)17(16(11-13)25-3)18(19(22)23)21-8-6-20(7-9-21)12-14-4-5-14/h10-11,14,18H,4-9,12H2,1-3H3,(H,22,23). The van der Waals surface area contributed by atoms with Gasteiger partial charge < -0.3 is 19.5 Å². The van der Waals surface area contributed by atoms with Gasteiger partial charge in [0.25, 0.3) is 0 Å². The Morgan fingerprint density at radius 1 is 1.16 bits per heavy atom. The lowest BCUT2D eigenvalue weighted by Crippen LogP contribution is -2.49. The number of carboxylic acids is 1. The number of carbonyl (C=O) groups is 1. The van der Waals surface area contributed by atoms with Crippen LogP contribution in [-0.2, 0) is 4.79 Å². The number of ether oxygens (including phenoxy) is 2. The van der Waals surface area contributed by atoms with Gasteiger partial charge in [-0.2, -0.15) is 0 Å². The van der Waals surface area contributed by atoms with E-state index in [4.69, 9.17) is 9.47 Å². The van der Waals surface area contributed by atoms with Crippen LogP contribution >= 0.6 is 0 Å². The molecule has 0 bridgehead atoms. The van der Waals surface area contributed by atoms with Gasteiger partial charge in [0.15, 0.2) is 0 Å². The summed E-state index contributed by atoms with van der Waals surface area (Å²) in [6, 6.07) is 2.99. The van der Waals surface area contributed by atoms with Gasteiger partial charge in [0, 0.05) is 32.7 Å². The highest BCUT2D eigenvalue weighted by molar-refractivity contribution is 5.78. The van der Waals surface area contributed by atoms with Gasteiger partial charge in [-0.1, -0.05) is 0 Å². The zero-order valence-corrected chi connectivity index (χ0v) is 15.3. The number of piperazine rings is 1. The minimum Gasteiger partial charge on any atom is -0.496 e. The van der Waals surface area contributed by atoms with Gasteiger partial charge >= 0.3 is 5.97 Å². The van der Waals surface area contributed by atoms with E-state index >= 15 is 0 Å². The Hall–Kier alpha value is -1.79. The van der Waals surface area contributed by atoms with Crippen molar-refractivity contribution in [1.29, 1.82) is 0 Å². The van der Waals surface area contributed by atoms with Crippen molar-refractivity contribution in [3.8, 4) is 11.5 Å². The summed E-state index contributed by atoms with van der Waals surface area (Å²) < 4.78 is 11.0. The molecule has 2 aliphatic rings. The zero-order valence-electron chi connectivity index (χ0n) is 15.3. The average Bonchev–Trinajstić information content (AvgIpc) is 3.41. The maximum Gasteiger partial charge on any atom is 0.325 e. The normalized spacial score (nSPS) is 20.3. The number of hydrogen-bond donors (Lipinski definition) is 1. The van der Waals surface area contributed by atoms with Gasteiger partial charge in [-0.15, -0.1) is 0 Å². The van der Waals surface area contributed by atoms with Crippen molar-refractivity contribution in [2.45, 2.75) is 25.8 Å². The van der Waals surface area contributed by atoms with Gasteiger partial charge in [0.2, 0.25) is 0 Å². The van der Waals surface area contributed by atoms with Crippen LogP contribution in [0.15, 0.2) is 12.1 Å². The molecule has 1 atom stereocenters. The van der Waals surface area contributed by atoms with Crippen molar-refractivity contribution in [3.63, 3.8) is 0 Å². The van der Waals surface area contributed by atoms with E-state index in [1.54, 1.807) is 14.2 Å². The monoisotopic (exact) mass is 348 g/mol. The molecule has 25 heavy (non-hydrogen) atoms. The molecule has 1 aromatic rings. The van der Waals surface area contributed by atoms with E-state index in [2.05, 4.69) is 4.90 Å². The quantitative estimate of drug-likeness (QED) is 0.815. The molecular weight excluding hydrogens is 320 g/mol. The zero-order chi connectivity index (χ0) is 18.0. The van der Waals surface area contributed by atoms with Crippen LogP contribution in [0.25, 0.3) is 0 Å². The second-order valence-electron chi connectivity index (χ2n) is 7.10. The highest BCUT2D eigenvalue weighted by Gasteiger charge is 2.35. The fourth-order valence-electron chi connectivity index (χ4n) is 3.67. The molecule has 1 unspecified atom stereocenters. The molecular formula is C19H28N2O4. The first-order chi connectivity index (χ1) is 12.0.